The zero-order valence-electron chi connectivity index (χ0n) is 16.1. The first-order valence-electron chi connectivity index (χ1n) is 9.09. The highest BCUT2D eigenvalue weighted by Gasteiger charge is 2.21. The van der Waals surface area contributed by atoms with Crippen molar-refractivity contribution >= 4 is 23.1 Å². The maximum Gasteiger partial charge on any atom is 0.321 e. The number of anilines is 3. The van der Waals surface area contributed by atoms with Crippen molar-refractivity contribution in [1.29, 1.82) is 0 Å². The summed E-state index contributed by atoms with van der Waals surface area (Å²) >= 11 is 0. The molecule has 1 saturated heterocycles. The van der Waals surface area contributed by atoms with E-state index in [9.17, 15) is 4.79 Å². The van der Waals surface area contributed by atoms with Gasteiger partial charge in [0.15, 0.2) is 0 Å². The highest BCUT2D eigenvalue weighted by atomic mass is 16.2. The Kier molecular flexibility index (Phi) is 5.35. The third-order valence-corrected chi connectivity index (χ3v) is 4.77. The van der Waals surface area contributed by atoms with Crippen LogP contribution in [0.5, 0.6) is 0 Å². The lowest BCUT2D eigenvalue weighted by atomic mass is 10.1. The molecule has 0 atom stereocenters. The minimum absolute atomic E-state index is 0.0253. The smallest absolute Gasteiger partial charge is 0.321 e. The van der Waals surface area contributed by atoms with Crippen molar-refractivity contribution in [3.63, 3.8) is 0 Å². The highest BCUT2D eigenvalue weighted by molar-refractivity contribution is 5.89. The van der Waals surface area contributed by atoms with E-state index in [1.54, 1.807) is 0 Å². The second kappa shape index (κ2) is 7.68. The van der Waals surface area contributed by atoms with Gasteiger partial charge in [-0.1, -0.05) is 6.07 Å². The van der Waals surface area contributed by atoms with Crippen molar-refractivity contribution < 1.29 is 4.79 Å². The van der Waals surface area contributed by atoms with Gasteiger partial charge in [0.2, 0.25) is 0 Å². The summed E-state index contributed by atoms with van der Waals surface area (Å²) < 4.78 is 0. The fourth-order valence-electron chi connectivity index (χ4n) is 3.35. The Balaban J connectivity index is 1.56. The van der Waals surface area contributed by atoms with E-state index in [2.05, 4.69) is 42.3 Å². The quantitative estimate of drug-likeness (QED) is 0.915. The minimum atomic E-state index is -0.0253. The van der Waals surface area contributed by atoms with Crippen LogP contribution in [-0.4, -0.2) is 51.2 Å². The summed E-state index contributed by atoms with van der Waals surface area (Å²) in [6, 6.07) is 14.5. The summed E-state index contributed by atoms with van der Waals surface area (Å²) in [5.41, 5.74) is 5.76. The molecule has 138 valence electrons. The van der Waals surface area contributed by atoms with Crippen LogP contribution < -0.4 is 15.1 Å². The van der Waals surface area contributed by atoms with Crippen LogP contribution in [0.2, 0.25) is 0 Å². The molecule has 0 unspecified atom stereocenters. The van der Waals surface area contributed by atoms with Gasteiger partial charge in [0.05, 0.1) is 0 Å². The fourth-order valence-corrected chi connectivity index (χ4v) is 3.35. The van der Waals surface area contributed by atoms with Crippen LogP contribution in [0, 0.1) is 13.8 Å². The van der Waals surface area contributed by atoms with Gasteiger partial charge in [-0.3, -0.25) is 0 Å². The predicted octanol–water partition coefficient (Wildman–Crippen LogP) is 3.72. The lowest BCUT2D eigenvalue weighted by molar-refractivity contribution is 0.208. The maximum absolute atomic E-state index is 12.5. The first kappa shape index (κ1) is 18.1. The van der Waals surface area contributed by atoms with Crippen LogP contribution in [0.3, 0.4) is 0 Å². The van der Waals surface area contributed by atoms with Crippen molar-refractivity contribution in [2.45, 2.75) is 13.8 Å². The van der Waals surface area contributed by atoms with Crippen LogP contribution in [0.1, 0.15) is 11.1 Å². The van der Waals surface area contributed by atoms with Crippen LogP contribution >= 0.6 is 0 Å². The zero-order chi connectivity index (χ0) is 18.7. The Labute approximate surface area is 156 Å². The number of urea groups is 1. The molecule has 0 radical (unpaired) electrons. The van der Waals surface area contributed by atoms with Gasteiger partial charge in [-0.2, -0.15) is 0 Å². The number of hydrogen-bond donors (Lipinski definition) is 1. The first-order valence-corrected chi connectivity index (χ1v) is 9.09. The zero-order valence-corrected chi connectivity index (χ0v) is 16.1. The van der Waals surface area contributed by atoms with Gasteiger partial charge in [0, 0.05) is 57.3 Å². The van der Waals surface area contributed by atoms with E-state index in [1.165, 1.54) is 16.8 Å². The molecule has 0 spiro atoms. The molecule has 0 aliphatic carbocycles. The molecule has 2 aromatic rings. The van der Waals surface area contributed by atoms with Gasteiger partial charge in [-0.05, 0) is 61.4 Å². The third-order valence-electron chi connectivity index (χ3n) is 4.77. The average molecular weight is 352 g/mol. The molecule has 1 heterocycles. The molecule has 5 nitrogen and oxygen atoms in total. The molecular formula is C21H28N4O. The third kappa shape index (κ3) is 4.28. The van der Waals surface area contributed by atoms with Gasteiger partial charge in [-0.15, -0.1) is 0 Å². The second-order valence-corrected chi connectivity index (χ2v) is 7.19. The van der Waals surface area contributed by atoms with Gasteiger partial charge < -0.3 is 20.0 Å². The van der Waals surface area contributed by atoms with Gasteiger partial charge in [0.1, 0.15) is 0 Å². The summed E-state index contributed by atoms with van der Waals surface area (Å²) in [5, 5.41) is 3.00. The molecule has 0 saturated carbocycles. The molecule has 5 heteroatoms. The SMILES string of the molecule is Cc1cc(C)cc(N2CCN(C(=O)Nc3ccc(N(C)C)cc3)CC2)c1. The fraction of sp³-hybridized carbons (Fsp3) is 0.381. The van der Waals surface area contributed by atoms with Crippen molar-refractivity contribution in [2.24, 2.45) is 0 Å². The highest BCUT2D eigenvalue weighted by Crippen LogP contribution is 2.21. The molecule has 2 aromatic carbocycles. The van der Waals surface area contributed by atoms with E-state index in [1.807, 2.05) is 48.2 Å². The van der Waals surface area contributed by atoms with Crippen molar-refractivity contribution in [2.75, 3.05) is 55.4 Å². The largest absolute Gasteiger partial charge is 0.378 e. The van der Waals surface area contributed by atoms with E-state index in [0.717, 1.165) is 37.6 Å². The summed E-state index contributed by atoms with van der Waals surface area (Å²) in [5.74, 6) is 0. The molecule has 26 heavy (non-hydrogen) atoms. The van der Waals surface area contributed by atoms with Crippen LogP contribution in [0.25, 0.3) is 0 Å². The standard InChI is InChI=1S/C21H28N4O/c1-16-13-17(2)15-20(14-16)24-9-11-25(12-10-24)21(26)22-18-5-7-19(8-6-18)23(3)4/h5-8,13-15H,9-12H2,1-4H3,(H,22,26). The summed E-state index contributed by atoms with van der Waals surface area (Å²) in [6.07, 6.45) is 0. The Morgan fingerprint density at radius 2 is 1.50 bits per heavy atom. The number of nitrogens with one attached hydrogen (secondary N) is 1. The molecule has 0 aromatic heterocycles. The normalized spacial score (nSPS) is 14.3. The number of nitrogens with zero attached hydrogens (tertiary/aromatic N) is 3. The Hall–Kier alpha value is -2.69. The topological polar surface area (TPSA) is 38.8 Å². The molecule has 2 amide bonds. The Bertz CT molecular complexity index is 742. The van der Waals surface area contributed by atoms with E-state index in [0.29, 0.717) is 0 Å². The molecule has 1 aliphatic rings. The van der Waals surface area contributed by atoms with E-state index in [-0.39, 0.29) is 6.03 Å². The van der Waals surface area contributed by atoms with E-state index in [4.69, 9.17) is 0 Å². The maximum atomic E-state index is 12.5. The lowest BCUT2D eigenvalue weighted by Crippen LogP contribution is -2.50. The molecule has 3 rings (SSSR count). The Morgan fingerprint density at radius 1 is 0.923 bits per heavy atom. The van der Waals surface area contributed by atoms with Crippen molar-refractivity contribution in [3.05, 3.63) is 53.6 Å². The van der Waals surface area contributed by atoms with Crippen molar-refractivity contribution in [1.82, 2.24) is 4.90 Å². The number of benzene rings is 2. The molecule has 1 N–H and O–H groups in total. The average Bonchev–Trinajstić information content (AvgIpc) is 2.61. The number of aryl methyl sites for hydroxylation is 2. The van der Waals surface area contributed by atoms with Crippen molar-refractivity contribution in [3.8, 4) is 0 Å². The minimum Gasteiger partial charge on any atom is -0.378 e. The van der Waals surface area contributed by atoms with Gasteiger partial charge in [0.25, 0.3) is 0 Å². The Morgan fingerprint density at radius 3 is 2.04 bits per heavy atom. The predicted molar refractivity (Wildman–Crippen MR) is 109 cm³/mol. The molecule has 1 aliphatic heterocycles. The summed E-state index contributed by atoms with van der Waals surface area (Å²) in [7, 11) is 4.01. The number of piperazine rings is 1. The lowest BCUT2D eigenvalue weighted by Gasteiger charge is -2.36. The number of rotatable bonds is 3. The monoisotopic (exact) mass is 352 g/mol. The first-order chi connectivity index (χ1) is 12.4. The molecule has 1 fully saturated rings. The second-order valence-electron chi connectivity index (χ2n) is 7.19. The number of carbonyl (C=O) groups is 1. The molecular weight excluding hydrogens is 324 g/mol. The number of hydrogen-bond acceptors (Lipinski definition) is 3. The van der Waals surface area contributed by atoms with E-state index >= 15 is 0 Å². The van der Waals surface area contributed by atoms with Gasteiger partial charge >= 0.3 is 6.03 Å². The summed E-state index contributed by atoms with van der Waals surface area (Å²) in [6.45, 7) is 7.43. The number of amides is 2. The van der Waals surface area contributed by atoms with Gasteiger partial charge in [-0.25, -0.2) is 4.79 Å². The number of carbonyl (C=O) groups excluding carboxylic acids is 1. The van der Waals surface area contributed by atoms with E-state index < -0.39 is 0 Å². The van der Waals surface area contributed by atoms with Crippen LogP contribution in [0.4, 0.5) is 21.9 Å². The summed E-state index contributed by atoms with van der Waals surface area (Å²) in [4.78, 5) is 18.8. The van der Waals surface area contributed by atoms with Crippen LogP contribution in [-0.2, 0) is 0 Å². The molecule has 0 bridgehead atoms. The van der Waals surface area contributed by atoms with Crippen LogP contribution in [0.15, 0.2) is 42.5 Å².